The Bertz CT molecular complexity index is 648. The Labute approximate surface area is 126 Å². The summed E-state index contributed by atoms with van der Waals surface area (Å²) in [5.74, 6) is 0.0641. The van der Waals surface area contributed by atoms with Gasteiger partial charge in [0.1, 0.15) is 5.75 Å². The van der Waals surface area contributed by atoms with Crippen molar-refractivity contribution in [3.05, 3.63) is 70.3 Å². The van der Waals surface area contributed by atoms with Crippen molar-refractivity contribution < 1.29 is 9.90 Å². The van der Waals surface area contributed by atoms with Gasteiger partial charge in [0.25, 0.3) is 0 Å². The largest absolute Gasteiger partial charge is 0.506 e. The van der Waals surface area contributed by atoms with E-state index in [9.17, 15) is 9.90 Å². The average molecular weight is 332 g/mol. The first-order chi connectivity index (χ1) is 9.56. The normalized spacial score (nSPS) is 11.2. The van der Waals surface area contributed by atoms with Crippen LogP contribution in [0.15, 0.2) is 64.8 Å². The molecule has 0 bridgehead atoms. The number of aromatic hydroxyl groups is 1. The lowest BCUT2D eigenvalue weighted by Crippen LogP contribution is -2.01. The SMILES string of the molecule is C/C(=C\C(=O)c1ccc(Br)cc1)Nc1ccccc1O. The lowest BCUT2D eigenvalue weighted by molar-refractivity contribution is 0.104. The fraction of sp³-hybridized carbons (Fsp3) is 0.0625. The van der Waals surface area contributed by atoms with Gasteiger partial charge in [0.2, 0.25) is 0 Å². The molecule has 0 aliphatic rings. The molecule has 0 atom stereocenters. The van der Waals surface area contributed by atoms with Gasteiger partial charge in [-0.25, -0.2) is 0 Å². The van der Waals surface area contributed by atoms with Crippen LogP contribution in [0.25, 0.3) is 0 Å². The molecule has 0 aliphatic carbocycles. The maximum absolute atomic E-state index is 12.0. The molecule has 2 aromatic rings. The first-order valence-electron chi connectivity index (χ1n) is 6.09. The van der Waals surface area contributed by atoms with Crippen molar-refractivity contribution in [2.75, 3.05) is 5.32 Å². The number of nitrogens with one attached hydrogen (secondary N) is 1. The molecule has 0 amide bonds. The molecule has 0 saturated carbocycles. The van der Waals surface area contributed by atoms with Gasteiger partial charge in [0.05, 0.1) is 5.69 Å². The van der Waals surface area contributed by atoms with Crippen molar-refractivity contribution in [3.63, 3.8) is 0 Å². The summed E-state index contributed by atoms with van der Waals surface area (Å²) >= 11 is 3.33. The Morgan fingerprint density at radius 3 is 2.45 bits per heavy atom. The summed E-state index contributed by atoms with van der Waals surface area (Å²) in [5, 5.41) is 12.7. The van der Waals surface area contributed by atoms with E-state index in [1.807, 2.05) is 18.2 Å². The van der Waals surface area contributed by atoms with Crippen LogP contribution in [0.3, 0.4) is 0 Å². The van der Waals surface area contributed by atoms with Crippen LogP contribution in [-0.4, -0.2) is 10.9 Å². The molecule has 4 heteroatoms. The van der Waals surface area contributed by atoms with Crippen LogP contribution in [0.4, 0.5) is 5.69 Å². The van der Waals surface area contributed by atoms with Crippen molar-refractivity contribution in [2.45, 2.75) is 6.92 Å². The number of ketones is 1. The molecular formula is C16H14BrNO2. The monoisotopic (exact) mass is 331 g/mol. The minimum atomic E-state index is -0.0853. The molecule has 0 fully saturated rings. The molecule has 0 saturated heterocycles. The van der Waals surface area contributed by atoms with Crippen molar-refractivity contribution in [1.82, 2.24) is 0 Å². The third kappa shape index (κ3) is 3.71. The van der Waals surface area contributed by atoms with Crippen molar-refractivity contribution in [3.8, 4) is 5.75 Å². The molecule has 0 spiro atoms. The number of hydrogen-bond acceptors (Lipinski definition) is 3. The molecule has 0 aliphatic heterocycles. The molecule has 0 unspecified atom stereocenters. The van der Waals surface area contributed by atoms with Gasteiger partial charge in [-0.2, -0.15) is 0 Å². The number of benzene rings is 2. The predicted octanol–water partition coefficient (Wildman–Crippen LogP) is 4.35. The average Bonchev–Trinajstić information content (AvgIpc) is 2.42. The number of carbonyl (C=O) groups excluding carboxylic acids is 1. The minimum absolute atomic E-state index is 0.0853. The van der Waals surface area contributed by atoms with Gasteiger partial charge >= 0.3 is 0 Å². The number of carbonyl (C=O) groups is 1. The van der Waals surface area contributed by atoms with Crippen LogP contribution in [-0.2, 0) is 0 Å². The number of hydrogen-bond donors (Lipinski definition) is 2. The Hall–Kier alpha value is -2.07. The van der Waals surface area contributed by atoms with Gasteiger partial charge in [0, 0.05) is 21.8 Å². The first-order valence-corrected chi connectivity index (χ1v) is 6.89. The summed E-state index contributed by atoms with van der Waals surface area (Å²) in [7, 11) is 0. The Kier molecular flexibility index (Phi) is 4.58. The van der Waals surface area contributed by atoms with Crippen LogP contribution in [0.1, 0.15) is 17.3 Å². The summed E-state index contributed by atoms with van der Waals surface area (Å²) in [6.07, 6.45) is 1.51. The van der Waals surface area contributed by atoms with Gasteiger partial charge < -0.3 is 10.4 Å². The van der Waals surface area contributed by atoms with E-state index in [2.05, 4.69) is 21.2 Å². The number of allylic oxidation sites excluding steroid dienone is 2. The molecular weight excluding hydrogens is 318 g/mol. The summed E-state index contributed by atoms with van der Waals surface area (Å²) < 4.78 is 0.932. The van der Waals surface area contributed by atoms with Crippen molar-refractivity contribution >= 4 is 27.4 Å². The third-order valence-electron chi connectivity index (χ3n) is 2.71. The molecule has 0 radical (unpaired) electrons. The zero-order chi connectivity index (χ0) is 14.5. The van der Waals surface area contributed by atoms with E-state index in [-0.39, 0.29) is 11.5 Å². The quantitative estimate of drug-likeness (QED) is 0.497. The number of anilines is 1. The number of halogens is 1. The summed E-state index contributed by atoms with van der Waals surface area (Å²) in [6, 6.07) is 14.1. The smallest absolute Gasteiger partial charge is 0.187 e. The van der Waals surface area contributed by atoms with Crippen LogP contribution < -0.4 is 5.32 Å². The highest BCUT2D eigenvalue weighted by Gasteiger charge is 2.04. The molecule has 2 aromatic carbocycles. The van der Waals surface area contributed by atoms with Gasteiger partial charge in [-0.05, 0) is 43.3 Å². The van der Waals surface area contributed by atoms with E-state index in [1.54, 1.807) is 37.3 Å². The molecule has 0 aromatic heterocycles. The number of rotatable bonds is 4. The van der Waals surface area contributed by atoms with Crippen LogP contribution >= 0.6 is 15.9 Å². The topological polar surface area (TPSA) is 49.3 Å². The molecule has 2 N–H and O–H groups in total. The fourth-order valence-corrected chi connectivity index (χ4v) is 1.99. The van der Waals surface area contributed by atoms with Gasteiger partial charge in [-0.1, -0.05) is 28.1 Å². The number of para-hydroxylation sites is 2. The molecule has 20 heavy (non-hydrogen) atoms. The van der Waals surface area contributed by atoms with E-state index in [0.717, 1.165) is 4.47 Å². The highest BCUT2D eigenvalue weighted by Crippen LogP contribution is 2.23. The second-order valence-electron chi connectivity index (χ2n) is 4.34. The molecule has 102 valence electrons. The summed E-state index contributed by atoms with van der Waals surface area (Å²) in [6.45, 7) is 1.78. The second kappa shape index (κ2) is 6.39. The van der Waals surface area contributed by atoms with Gasteiger partial charge in [0.15, 0.2) is 5.78 Å². The number of phenolic OH excluding ortho intramolecular Hbond substituents is 1. The predicted molar refractivity (Wildman–Crippen MR) is 84.0 cm³/mol. The van der Waals surface area contributed by atoms with Gasteiger partial charge in [-0.15, -0.1) is 0 Å². The van der Waals surface area contributed by atoms with E-state index < -0.39 is 0 Å². The van der Waals surface area contributed by atoms with Crippen LogP contribution in [0.2, 0.25) is 0 Å². The first kappa shape index (κ1) is 14.3. The van der Waals surface area contributed by atoms with Gasteiger partial charge in [-0.3, -0.25) is 4.79 Å². The second-order valence-corrected chi connectivity index (χ2v) is 5.26. The Morgan fingerprint density at radius 1 is 1.15 bits per heavy atom. The van der Waals surface area contributed by atoms with Crippen molar-refractivity contribution in [1.29, 1.82) is 0 Å². The van der Waals surface area contributed by atoms with Crippen LogP contribution in [0.5, 0.6) is 5.75 Å². The number of phenols is 1. The molecule has 3 nitrogen and oxygen atoms in total. The lowest BCUT2D eigenvalue weighted by Gasteiger charge is -2.08. The standard InChI is InChI=1S/C16H14BrNO2/c1-11(18-14-4-2-3-5-15(14)19)10-16(20)12-6-8-13(17)9-7-12/h2-10,18-19H,1H3/b11-10+. The third-order valence-corrected chi connectivity index (χ3v) is 3.24. The van der Waals surface area contributed by atoms with Crippen molar-refractivity contribution in [2.24, 2.45) is 0 Å². The van der Waals surface area contributed by atoms with E-state index >= 15 is 0 Å². The highest BCUT2D eigenvalue weighted by molar-refractivity contribution is 9.10. The van der Waals surface area contributed by atoms with Crippen LogP contribution in [0, 0.1) is 0 Å². The zero-order valence-electron chi connectivity index (χ0n) is 10.9. The molecule has 2 rings (SSSR count). The van der Waals surface area contributed by atoms with E-state index in [4.69, 9.17) is 0 Å². The summed E-state index contributed by atoms with van der Waals surface area (Å²) in [5.41, 5.74) is 1.86. The van der Waals surface area contributed by atoms with E-state index in [0.29, 0.717) is 16.9 Å². The lowest BCUT2D eigenvalue weighted by atomic mass is 10.1. The maximum Gasteiger partial charge on any atom is 0.187 e. The highest BCUT2D eigenvalue weighted by atomic mass is 79.9. The Morgan fingerprint density at radius 2 is 1.80 bits per heavy atom. The molecule has 0 heterocycles. The Balaban J connectivity index is 2.12. The fourth-order valence-electron chi connectivity index (χ4n) is 1.72. The zero-order valence-corrected chi connectivity index (χ0v) is 12.5. The summed E-state index contributed by atoms with van der Waals surface area (Å²) in [4.78, 5) is 12.0. The minimum Gasteiger partial charge on any atom is -0.506 e. The van der Waals surface area contributed by atoms with E-state index in [1.165, 1.54) is 6.08 Å². The maximum atomic E-state index is 12.0.